The predicted molar refractivity (Wildman–Crippen MR) is 74.3 cm³/mol. The van der Waals surface area contributed by atoms with Crippen LogP contribution in [0.25, 0.3) is 0 Å². The van der Waals surface area contributed by atoms with Gasteiger partial charge in [0.15, 0.2) is 5.78 Å². The molecule has 4 nitrogen and oxygen atoms in total. The van der Waals surface area contributed by atoms with Gasteiger partial charge in [0, 0.05) is 6.42 Å². The van der Waals surface area contributed by atoms with E-state index in [1.54, 1.807) is 19.2 Å². The molecule has 4 heteroatoms. The van der Waals surface area contributed by atoms with Crippen molar-refractivity contribution in [2.75, 3.05) is 12.8 Å². The lowest BCUT2D eigenvalue weighted by atomic mass is 10.1. The molecule has 2 rings (SSSR count). The van der Waals surface area contributed by atoms with Gasteiger partial charge in [-0.1, -0.05) is 12.1 Å². The number of Topliss-reactive ketones (excluding diaryl/α,β-unsaturated/α-hetero) is 1. The molecule has 0 bridgehead atoms. The highest BCUT2D eigenvalue weighted by Crippen LogP contribution is 2.13. The molecule has 0 unspecified atom stereocenters. The van der Waals surface area contributed by atoms with Crippen molar-refractivity contribution in [1.82, 2.24) is 4.98 Å². The first-order chi connectivity index (χ1) is 9.19. The van der Waals surface area contributed by atoms with Crippen LogP contribution in [0.5, 0.6) is 5.75 Å². The Morgan fingerprint density at radius 2 is 1.95 bits per heavy atom. The Bertz CT molecular complexity index is 547. The molecule has 1 heterocycles. The van der Waals surface area contributed by atoms with E-state index in [9.17, 15) is 4.79 Å². The highest BCUT2D eigenvalue weighted by Gasteiger charge is 2.07. The third-order valence-electron chi connectivity index (χ3n) is 2.87. The third kappa shape index (κ3) is 3.55. The van der Waals surface area contributed by atoms with Crippen molar-refractivity contribution in [3.05, 3.63) is 53.9 Å². The van der Waals surface area contributed by atoms with Gasteiger partial charge in [-0.25, -0.2) is 0 Å². The lowest BCUT2D eigenvalue weighted by Crippen LogP contribution is -2.04. The minimum atomic E-state index is 0.0239. The molecule has 2 N–H and O–H groups in total. The first-order valence-corrected chi connectivity index (χ1v) is 6.06. The number of aromatic nitrogens is 1. The number of nitrogens with two attached hydrogens (primary N) is 1. The number of nitrogens with zero attached hydrogens (tertiary/aromatic N) is 1. The number of nitrogen functional groups attached to an aromatic ring is 1. The largest absolute Gasteiger partial charge is 0.497 e. The summed E-state index contributed by atoms with van der Waals surface area (Å²) in [5, 5.41) is 0. The van der Waals surface area contributed by atoms with Crippen molar-refractivity contribution in [3.63, 3.8) is 0 Å². The topological polar surface area (TPSA) is 65.2 Å². The summed E-state index contributed by atoms with van der Waals surface area (Å²) in [6.07, 6.45) is 2.62. The molecule has 19 heavy (non-hydrogen) atoms. The van der Waals surface area contributed by atoms with E-state index in [4.69, 9.17) is 10.5 Å². The Morgan fingerprint density at radius 1 is 1.21 bits per heavy atom. The van der Waals surface area contributed by atoms with Gasteiger partial charge in [0.05, 0.1) is 19.0 Å². The fourth-order valence-corrected chi connectivity index (χ4v) is 1.75. The molecule has 2 aromatic rings. The van der Waals surface area contributed by atoms with Crippen LogP contribution in [0, 0.1) is 0 Å². The number of rotatable bonds is 5. The van der Waals surface area contributed by atoms with Crippen molar-refractivity contribution in [3.8, 4) is 5.75 Å². The van der Waals surface area contributed by atoms with Crippen molar-refractivity contribution in [2.24, 2.45) is 0 Å². The summed E-state index contributed by atoms with van der Waals surface area (Å²) in [6, 6.07) is 11.0. The number of anilines is 1. The number of methoxy groups -OCH3 is 1. The quantitative estimate of drug-likeness (QED) is 0.835. The number of ether oxygens (including phenoxy) is 1. The SMILES string of the molecule is COc1ccc(CCC(=O)c2ccc(N)cn2)cc1. The molecule has 0 saturated carbocycles. The summed E-state index contributed by atoms with van der Waals surface area (Å²) < 4.78 is 5.09. The summed E-state index contributed by atoms with van der Waals surface area (Å²) in [5.41, 5.74) is 7.66. The second-order valence-corrected chi connectivity index (χ2v) is 4.25. The van der Waals surface area contributed by atoms with Crippen molar-refractivity contribution in [1.29, 1.82) is 0 Å². The van der Waals surface area contributed by atoms with Crippen LogP contribution in [0.15, 0.2) is 42.6 Å². The van der Waals surface area contributed by atoms with E-state index in [0.717, 1.165) is 11.3 Å². The maximum atomic E-state index is 11.9. The minimum Gasteiger partial charge on any atom is -0.497 e. The van der Waals surface area contributed by atoms with E-state index in [-0.39, 0.29) is 5.78 Å². The van der Waals surface area contributed by atoms with Crippen LogP contribution < -0.4 is 10.5 Å². The van der Waals surface area contributed by atoms with Crippen LogP contribution in [-0.2, 0) is 6.42 Å². The smallest absolute Gasteiger partial charge is 0.181 e. The van der Waals surface area contributed by atoms with E-state index < -0.39 is 0 Å². The highest BCUT2D eigenvalue weighted by atomic mass is 16.5. The van der Waals surface area contributed by atoms with Gasteiger partial charge in [0.2, 0.25) is 0 Å². The summed E-state index contributed by atoms with van der Waals surface area (Å²) in [5.74, 6) is 0.839. The predicted octanol–water partition coefficient (Wildman–Crippen LogP) is 2.49. The van der Waals surface area contributed by atoms with Crippen LogP contribution in [-0.4, -0.2) is 17.9 Å². The van der Waals surface area contributed by atoms with Gasteiger partial charge in [-0.3, -0.25) is 9.78 Å². The Labute approximate surface area is 112 Å². The molecule has 0 radical (unpaired) electrons. The molecule has 98 valence electrons. The Kier molecular flexibility index (Phi) is 4.13. The lowest BCUT2D eigenvalue weighted by molar-refractivity contribution is 0.0978. The van der Waals surface area contributed by atoms with Gasteiger partial charge in [0.25, 0.3) is 0 Å². The van der Waals surface area contributed by atoms with Crippen molar-refractivity contribution >= 4 is 11.5 Å². The molecule has 0 spiro atoms. The number of hydrogen-bond acceptors (Lipinski definition) is 4. The van der Waals surface area contributed by atoms with Gasteiger partial charge in [-0.05, 0) is 36.2 Å². The maximum absolute atomic E-state index is 11.9. The van der Waals surface area contributed by atoms with Gasteiger partial charge in [0.1, 0.15) is 11.4 Å². The van der Waals surface area contributed by atoms with E-state index in [1.807, 2.05) is 24.3 Å². The number of ketones is 1. The fraction of sp³-hybridized carbons (Fsp3) is 0.200. The van der Waals surface area contributed by atoms with Crippen molar-refractivity contribution in [2.45, 2.75) is 12.8 Å². The molecule has 0 saturated heterocycles. The standard InChI is InChI=1S/C15H16N2O2/c1-19-13-6-2-11(3-7-13)4-9-15(18)14-8-5-12(16)10-17-14/h2-3,5-8,10H,4,9,16H2,1H3. The normalized spacial score (nSPS) is 10.2. The van der Waals surface area contributed by atoms with E-state index in [2.05, 4.69) is 4.98 Å². The number of pyridine rings is 1. The van der Waals surface area contributed by atoms with Crippen LogP contribution in [0.3, 0.4) is 0 Å². The number of benzene rings is 1. The average molecular weight is 256 g/mol. The molecule has 0 aliphatic rings. The number of aryl methyl sites for hydroxylation is 1. The molecule has 0 atom stereocenters. The molecule has 1 aromatic carbocycles. The van der Waals surface area contributed by atoms with E-state index in [1.165, 1.54) is 6.20 Å². The molecule has 0 amide bonds. The monoisotopic (exact) mass is 256 g/mol. The fourth-order valence-electron chi connectivity index (χ4n) is 1.75. The van der Waals surface area contributed by atoms with Gasteiger partial charge < -0.3 is 10.5 Å². The van der Waals surface area contributed by atoms with Gasteiger partial charge in [-0.2, -0.15) is 0 Å². The Morgan fingerprint density at radius 3 is 2.53 bits per heavy atom. The number of carbonyl (C=O) groups is 1. The van der Waals surface area contributed by atoms with Crippen LogP contribution >= 0.6 is 0 Å². The van der Waals surface area contributed by atoms with E-state index in [0.29, 0.717) is 24.2 Å². The first kappa shape index (κ1) is 13.1. The number of carbonyl (C=O) groups excluding carboxylic acids is 1. The molecule has 0 aliphatic heterocycles. The molecular formula is C15H16N2O2. The summed E-state index contributed by atoms with van der Waals surface area (Å²) in [4.78, 5) is 15.9. The molecule has 0 aliphatic carbocycles. The zero-order chi connectivity index (χ0) is 13.7. The second-order valence-electron chi connectivity index (χ2n) is 4.25. The third-order valence-corrected chi connectivity index (χ3v) is 2.87. The Balaban J connectivity index is 1.94. The van der Waals surface area contributed by atoms with Crippen LogP contribution in [0.1, 0.15) is 22.5 Å². The molecular weight excluding hydrogens is 240 g/mol. The minimum absolute atomic E-state index is 0.0239. The summed E-state index contributed by atoms with van der Waals surface area (Å²) >= 11 is 0. The highest BCUT2D eigenvalue weighted by molar-refractivity contribution is 5.94. The zero-order valence-corrected chi connectivity index (χ0v) is 10.8. The Hall–Kier alpha value is -2.36. The summed E-state index contributed by atoms with van der Waals surface area (Å²) in [7, 11) is 1.63. The molecule has 1 aromatic heterocycles. The van der Waals surface area contributed by atoms with Crippen LogP contribution in [0.4, 0.5) is 5.69 Å². The number of hydrogen-bond donors (Lipinski definition) is 1. The maximum Gasteiger partial charge on any atom is 0.181 e. The van der Waals surface area contributed by atoms with Crippen molar-refractivity contribution < 1.29 is 9.53 Å². The molecule has 0 fully saturated rings. The lowest BCUT2D eigenvalue weighted by Gasteiger charge is -2.03. The van der Waals surface area contributed by atoms with Gasteiger partial charge >= 0.3 is 0 Å². The van der Waals surface area contributed by atoms with Gasteiger partial charge in [-0.15, -0.1) is 0 Å². The van der Waals surface area contributed by atoms with Crippen LogP contribution in [0.2, 0.25) is 0 Å². The average Bonchev–Trinajstić information content (AvgIpc) is 2.46. The van der Waals surface area contributed by atoms with E-state index >= 15 is 0 Å². The first-order valence-electron chi connectivity index (χ1n) is 6.06. The summed E-state index contributed by atoms with van der Waals surface area (Å²) in [6.45, 7) is 0. The second kappa shape index (κ2) is 6.00. The zero-order valence-electron chi connectivity index (χ0n) is 10.8.